The van der Waals surface area contributed by atoms with E-state index in [0.29, 0.717) is 5.92 Å². The van der Waals surface area contributed by atoms with E-state index in [2.05, 4.69) is 17.9 Å². The predicted octanol–water partition coefficient (Wildman–Crippen LogP) is 2.49. The number of nitrogens with zero attached hydrogens (tertiary/aromatic N) is 1. The number of nitrogens with two attached hydrogens (primary N) is 1. The maximum atomic E-state index is 9.26. The molecule has 1 aromatic rings. The number of aliphatic hydroxyl groups is 1. The van der Waals surface area contributed by atoms with E-state index in [1.54, 1.807) is 11.3 Å². The predicted molar refractivity (Wildman–Crippen MR) is 77.1 cm³/mol. The van der Waals surface area contributed by atoms with E-state index in [1.807, 2.05) is 6.07 Å². The van der Waals surface area contributed by atoms with Crippen LogP contribution in [0.15, 0.2) is 12.1 Å². The molecule has 18 heavy (non-hydrogen) atoms. The van der Waals surface area contributed by atoms with E-state index in [9.17, 15) is 5.11 Å². The quantitative estimate of drug-likeness (QED) is 0.875. The van der Waals surface area contributed by atoms with Crippen molar-refractivity contribution in [3.8, 4) is 0 Å². The van der Waals surface area contributed by atoms with Gasteiger partial charge < -0.3 is 10.8 Å². The highest BCUT2D eigenvalue weighted by molar-refractivity contribution is 7.16. The van der Waals surface area contributed by atoms with Gasteiger partial charge in [-0.25, -0.2) is 0 Å². The molecule has 0 spiro atoms. The summed E-state index contributed by atoms with van der Waals surface area (Å²) in [5, 5.41) is 9.26. The van der Waals surface area contributed by atoms with Crippen LogP contribution in [0.25, 0.3) is 0 Å². The Labute approximate surface area is 118 Å². The molecule has 2 rings (SSSR count). The van der Waals surface area contributed by atoms with E-state index < -0.39 is 0 Å². The van der Waals surface area contributed by atoms with Gasteiger partial charge in [-0.05, 0) is 37.4 Å². The van der Waals surface area contributed by atoms with Crippen LogP contribution in [-0.2, 0) is 0 Å². The summed E-state index contributed by atoms with van der Waals surface area (Å²) in [6.45, 7) is 4.34. The zero-order valence-corrected chi connectivity index (χ0v) is 12.3. The van der Waals surface area contributed by atoms with E-state index in [0.717, 1.165) is 30.3 Å². The number of rotatable bonds is 5. The lowest BCUT2D eigenvalue weighted by Crippen LogP contribution is -2.39. The third kappa shape index (κ3) is 3.06. The highest BCUT2D eigenvalue weighted by atomic mass is 35.5. The average Bonchev–Trinajstić information content (AvgIpc) is 2.99. The number of thiophene rings is 1. The highest BCUT2D eigenvalue weighted by Gasteiger charge is 2.32. The van der Waals surface area contributed by atoms with Crippen LogP contribution in [0.1, 0.15) is 30.7 Å². The lowest BCUT2D eigenvalue weighted by Gasteiger charge is -2.31. The van der Waals surface area contributed by atoms with E-state index >= 15 is 0 Å². The number of hydrogen-bond donors (Lipinski definition) is 2. The third-order valence-corrected chi connectivity index (χ3v) is 5.03. The lowest BCUT2D eigenvalue weighted by molar-refractivity contribution is 0.182. The first-order valence-electron chi connectivity index (χ1n) is 6.51. The van der Waals surface area contributed by atoms with Crippen molar-refractivity contribution in [1.29, 1.82) is 0 Å². The minimum atomic E-state index is 0.122. The monoisotopic (exact) mass is 288 g/mol. The van der Waals surface area contributed by atoms with Crippen LogP contribution in [0, 0.1) is 5.92 Å². The van der Waals surface area contributed by atoms with E-state index in [-0.39, 0.29) is 18.7 Å². The van der Waals surface area contributed by atoms with Crippen molar-refractivity contribution < 1.29 is 5.11 Å². The van der Waals surface area contributed by atoms with Gasteiger partial charge in [-0.3, -0.25) is 4.90 Å². The van der Waals surface area contributed by atoms with Crippen molar-refractivity contribution in [2.75, 3.05) is 19.7 Å². The zero-order valence-electron chi connectivity index (χ0n) is 10.7. The number of likely N-dealkylation sites (tertiary alicyclic amines) is 1. The van der Waals surface area contributed by atoms with Gasteiger partial charge in [0.2, 0.25) is 0 Å². The van der Waals surface area contributed by atoms with Crippen molar-refractivity contribution in [2.24, 2.45) is 11.7 Å². The SMILES string of the molecule is CCC(N)C(c1ccc(Cl)s1)N1CCC(CO)C1. The second-order valence-corrected chi connectivity index (χ2v) is 6.74. The second kappa shape index (κ2) is 6.35. The third-order valence-electron chi connectivity index (χ3n) is 3.73. The molecule has 1 aromatic heterocycles. The number of hydrogen-bond acceptors (Lipinski definition) is 4. The molecular weight excluding hydrogens is 268 g/mol. The van der Waals surface area contributed by atoms with Gasteiger partial charge in [-0.2, -0.15) is 0 Å². The topological polar surface area (TPSA) is 49.5 Å². The van der Waals surface area contributed by atoms with Gasteiger partial charge in [-0.1, -0.05) is 18.5 Å². The van der Waals surface area contributed by atoms with Crippen LogP contribution in [0.3, 0.4) is 0 Å². The summed E-state index contributed by atoms with van der Waals surface area (Å²) in [7, 11) is 0. The standard InChI is InChI=1S/C13H21ClN2OS/c1-2-10(15)13(11-3-4-12(14)18-11)16-6-5-9(7-16)8-17/h3-4,9-10,13,17H,2,5-8,15H2,1H3. The molecule has 3 unspecified atom stereocenters. The van der Waals surface area contributed by atoms with Gasteiger partial charge in [0.1, 0.15) is 0 Å². The maximum absolute atomic E-state index is 9.26. The van der Waals surface area contributed by atoms with Crippen molar-refractivity contribution in [3.63, 3.8) is 0 Å². The second-order valence-electron chi connectivity index (χ2n) is 4.99. The van der Waals surface area contributed by atoms with Crippen molar-refractivity contribution in [2.45, 2.75) is 31.8 Å². The van der Waals surface area contributed by atoms with Crippen LogP contribution in [-0.4, -0.2) is 35.7 Å². The molecule has 1 aliphatic heterocycles. The van der Waals surface area contributed by atoms with Gasteiger partial charge in [-0.15, -0.1) is 11.3 Å². The maximum Gasteiger partial charge on any atom is 0.0931 e. The Morgan fingerprint density at radius 2 is 2.39 bits per heavy atom. The molecule has 0 aromatic carbocycles. The fraction of sp³-hybridized carbons (Fsp3) is 0.692. The smallest absolute Gasteiger partial charge is 0.0931 e. The molecule has 0 radical (unpaired) electrons. The first kappa shape index (κ1) is 14.3. The van der Waals surface area contributed by atoms with Gasteiger partial charge in [0.25, 0.3) is 0 Å². The minimum absolute atomic E-state index is 0.122. The summed E-state index contributed by atoms with van der Waals surface area (Å²) < 4.78 is 0.816. The van der Waals surface area contributed by atoms with Gasteiger partial charge in [0.05, 0.1) is 10.4 Å². The first-order chi connectivity index (χ1) is 8.65. The summed E-state index contributed by atoms with van der Waals surface area (Å²) in [6, 6.07) is 4.39. The van der Waals surface area contributed by atoms with Gasteiger partial charge in [0, 0.05) is 24.1 Å². The number of aliphatic hydroxyl groups excluding tert-OH is 1. The van der Waals surface area contributed by atoms with Crippen LogP contribution in [0.4, 0.5) is 0 Å². The molecule has 1 fully saturated rings. The Hall–Kier alpha value is -0.130. The average molecular weight is 289 g/mol. The molecule has 0 saturated carbocycles. The zero-order chi connectivity index (χ0) is 13.1. The van der Waals surface area contributed by atoms with Gasteiger partial charge in [0.15, 0.2) is 0 Å². The molecule has 1 aliphatic rings. The molecule has 5 heteroatoms. The Bertz CT molecular complexity index is 385. The molecule has 0 bridgehead atoms. The summed E-state index contributed by atoms with van der Waals surface area (Å²) in [5.74, 6) is 0.395. The molecule has 0 aliphatic carbocycles. The molecule has 102 valence electrons. The molecule has 2 heterocycles. The van der Waals surface area contributed by atoms with Crippen molar-refractivity contribution in [1.82, 2.24) is 4.90 Å². The minimum Gasteiger partial charge on any atom is -0.396 e. The normalized spacial score (nSPS) is 24.3. The molecule has 1 saturated heterocycles. The van der Waals surface area contributed by atoms with E-state index in [1.165, 1.54) is 4.88 Å². The molecule has 3 nitrogen and oxygen atoms in total. The Kier molecular flexibility index (Phi) is 5.04. The van der Waals surface area contributed by atoms with Crippen molar-refractivity contribution in [3.05, 3.63) is 21.3 Å². The van der Waals surface area contributed by atoms with Crippen LogP contribution in [0.2, 0.25) is 4.34 Å². The van der Waals surface area contributed by atoms with Crippen LogP contribution < -0.4 is 5.73 Å². The Balaban J connectivity index is 2.16. The molecule has 3 atom stereocenters. The fourth-order valence-corrected chi connectivity index (χ4v) is 3.91. The molecule has 0 amide bonds. The lowest BCUT2D eigenvalue weighted by atomic mass is 10.0. The first-order valence-corrected chi connectivity index (χ1v) is 7.70. The Morgan fingerprint density at radius 3 is 2.89 bits per heavy atom. The summed E-state index contributed by atoms with van der Waals surface area (Å²) in [4.78, 5) is 3.64. The molecular formula is C13H21ClN2OS. The fourth-order valence-electron chi connectivity index (χ4n) is 2.64. The summed E-state index contributed by atoms with van der Waals surface area (Å²) in [6.07, 6.45) is 2.00. The highest BCUT2D eigenvalue weighted by Crippen LogP contribution is 2.35. The van der Waals surface area contributed by atoms with E-state index in [4.69, 9.17) is 17.3 Å². The number of halogens is 1. The summed E-state index contributed by atoms with van der Waals surface area (Å²) in [5.41, 5.74) is 6.28. The summed E-state index contributed by atoms with van der Waals surface area (Å²) >= 11 is 7.65. The largest absolute Gasteiger partial charge is 0.396 e. The van der Waals surface area contributed by atoms with Crippen molar-refractivity contribution >= 4 is 22.9 Å². The van der Waals surface area contributed by atoms with Crippen LogP contribution in [0.5, 0.6) is 0 Å². The Morgan fingerprint density at radius 1 is 1.61 bits per heavy atom. The van der Waals surface area contributed by atoms with Gasteiger partial charge >= 0.3 is 0 Å². The molecule has 3 N–H and O–H groups in total. The van der Waals surface area contributed by atoms with Crippen LogP contribution >= 0.6 is 22.9 Å².